The molecule has 3 N–H and O–H groups in total. The molecule has 2 aliphatic rings. The molecule has 3 heteroatoms. The maximum Gasteiger partial charge on any atom is 0.223 e. The van der Waals surface area contributed by atoms with Gasteiger partial charge in [-0.1, -0.05) is 6.42 Å². The first-order valence-corrected chi connectivity index (χ1v) is 6.17. The van der Waals surface area contributed by atoms with Gasteiger partial charge in [-0.3, -0.25) is 4.79 Å². The van der Waals surface area contributed by atoms with Gasteiger partial charge in [-0.2, -0.15) is 0 Å². The van der Waals surface area contributed by atoms with Gasteiger partial charge in [0.2, 0.25) is 5.91 Å². The highest BCUT2D eigenvalue weighted by atomic mass is 16.2. The lowest BCUT2D eigenvalue weighted by Crippen LogP contribution is -2.53. The van der Waals surface area contributed by atoms with Crippen molar-refractivity contribution in [2.75, 3.05) is 0 Å². The standard InChI is InChI=1S/C12H22N2O/c1-12(6-3-7-12)14-11(15)9-4-2-5-10(13)8-9/h9-10H,2-8,13H2,1H3,(H,14,15). The summed E-state index contributed by atoms with van der Waals surface area (Å²) in [5.74, 6) is 0.415. The van der Waals surface area contributed by atoms with Crippen LogP contribution in [0.4, 0.5) is 0 Å². The van der Waals surface area contributed by atoms with E-state index in [1.165, 1.54) is 6.42 Å². The Hall–Kier alpha value is -0.570. The number of carbonyl (C=O) groups excluding carboxylic acids is 1. The normalized spacial score (nSPS) is 34.3. The molecule has 0 saturated heterocycles. The maximum absolute atomic E-state index is 12.0. The molecule has 15 heavy (non-hydrogen) atoms. The quantitative estimate of drug-likeness (QED) is 0.726. The third-order valence-corrected chi connectivity index (χ3v) is 3.97. The Morgan fingerprint density at radius 3 is 2.60 bits per heavy atom. The molecule has 0 aliphatic heterocycles. The average Bonchev–Trinajstić information content (AvgIpc) is 2.15. The second-order valence-electron chi connectivity index (χ2n) is 5.53. The van der Waals surface area contributed by atoms with Crippen LogP contribution in [-0.4, -0.2) is 17.5 Å². The van der Waals surface area contributed by atoms with E-state index in [0.29, 0.717) is 0 Å². The van der Waals surface area contributed by atoms with Crippen LogP contribution in [0.5, 0.6) is 0 Å². The molecule has 0 aromatic rings. The Morgan fingerprint density at radius 2 is 2.07 bits per heavy atom. The summed E-state index contributed by atoms with van der Waals surface area (Å²) in [4.78, 5) is 12.0. The average molecular weight is 210 g/mol. The topological polar surface area (TPSA) is 55.1 Å². The number of rotatable bonds is 2. The van der Waals surface area contributed by atoms with Gasteiger partial charge in [0.25, 0.3) is 0 Å². The zero-order valence-electron chi connectivity index (χ0n) is 9.59. The van der Waals surface area contributed by atoms with Crippen molar-refractivity contribution in [3.63, 3.8) is 0 Å². The molecular formula is C12H22N2O. The Bertz CT molecular complexity index is 248. The van der Waals surface area contributed by atoms with Crippen LogP contribution in [0.2, 0.25) is 0 Å². The van der Waals surface area contributed by atoms with Crippen LogP contribution in [0.25, 0.3) is 0 Å². The maximum atomic E-state index is 12.0. The minimum Gasteiger partial charge on any atom is -0.351 e. The van der Waals surface area contributed by atoms with E-state index in [1.54, 1.807) is 0 Å². The Balaban J connectivity index is 1.84. The van der Waals surface area contributed by atoms with E-state index in [-0.39, 0.29) is 23.4 Å². The molecule has 2 rings (SSSR count). The second kappa shape index (κ2) is 4.12. The lowest BCUT2D eigenvalue weighted by atomic mass is 9.77. The molecule has 2 saturated carbocycles. The highest BCUT2D eigenvalue weighted by Crippen LogP contribution is 2.32. The van der Waals surface area contributed by atoms with Gasteiger partial charge >= 0.3 is 0 Å². The summed E-state index contributed by atoms with van der Waals surface area (Å²) in [5, 5.41) is 3.19. The van der Waals surface area contributed by atoms with E-state index in [0.717, 1.165) is 38.5 Å². The fourth-order valence-corrected chi connectivity index (χ4v) is 2.70. The van der Waals surface area contributed by atoms with Gasteiger partial charge in [0, 0.05) is 17.5 Å². The van der Waals surface area contributed by atoms with Crippen LogP contribution in [-0.2, 0) is 4.79 Å². The first-order chi connectivity index (χ1) is 7.09. The zero-order valence-corrected chi connectivity index (χ0v) is 9.59. The lowest BCUT2D eigenvalue weighted by Gasteiger charge is -2.40. The first kappa shape index (κ1) is 10.9. The van der Waals surface area contributed by atoms with Gasteiger partial charge in [-0.15, -0.1) is 0 Å². The van der Waals surface area contributed by atoms with E-state index < -0.39 is 0 Å². The molecule has 0 spiro atoms. The van der Waals surface area contributed by atoms with Crippen LogP contribution < -0.4 is 11.1 Å². The number of amides is 1. The predicted molar refractivity (Wildman–Crippen MR) is 60.3 cm³/mol. The first-order valence-electron chi connectivity index (χ1n) is 6.17. The molecule has 3 nitrogen and oxygen atoms in total. The highest BCUT2D eigenvalue weighted by molar-refractivity contribution is 5.79. The van der Waals surface area contributed by atoms with E-state index in [2.05, 4.69) is 12.2 Å². The van der Waals surface area contributed by atoms with Crippen LogP contribution in [0.1, 0.15) is 51.9 Å². The van der Waals surface area contributed by atoms with Gasteiger partial charge in [-0.25, -0.2) is 0 Å². The van der Waals surface area contributed by atoms with Crippen molar-refractivity contribution in [3.8, 4) is 0 Å². The van der Waals surface area contributed by atoms with Crippen molar-refractivity contribution in [2.45, 2.75) is 63.5 Å². The molecule has 0 aromatic carbocycles. The monoisotopic (exact) mass is 210 g/mol. The SMILES string of the molecule is CC1(NC(=O)C2CCCC(N)C2)CCC1. The summed E-state index contributed by atoms with van der Waals surface area (Å²) >= 11 is 0. The van der Waals surface area contributed by atoms with Crippen molar-refractivity contribution in [1.82, 2.24) is 5.32 Å². The minimum absolute atomic E-state index is 0.0959. The Labute approximate surface area is 91.8 Å². The van der Waals surface area contributed by atoms with Crippen LogP contribution in [0.3, 0.4) is 0 Å². The van der Waals surface area contributed by atoms with E-state index in [4.69, 9.17) is 5.73 Å². The molecule has 2 fully saturated rings. The van der Waals surface area contributed by atoms with Crippen LogP contribution >= 0.6 is 0 Å². The molecule has 0 bridgehead atoms. The number of hydrogen-bond acceptors (Lipinski definition) is 2. The van der Waals surface area contributed by atoms with Crippen molar-refractivity contribution in [1.29, 1.82) is 0 Å². The van der Waals surface area contributed by atoms with Crippen LogP contribution in [0.15, 0.2) is 0 Å². The van der Waals surface area contributed by atoms with E-state index in [9.17, 15) is 4.79 Å². The fourth-order valence-electron chi connectivity index (χ4n) is 2.70. The number of carbonyl (C=O) groups is 1. The molecule has 2 unspecified atom stereocenters. The largest absolute Gasteiger partial charge is 0.351 e. The van der Waals surface area contributed by atoms with Crippen molar-refractivity contribution in [2.24, 2.45) is 11.7 Å². The summed E-state index contributed by atoms with van der Waals surface area (Å²) in [6.45, 7) is 2.15. The van der Waals surface area contributed by atoms with Gasteiger partial charge in [0.05, 0.1) is 0 Å². The molecular weight excluding hydrogens is 188 g/mol. The van der Waals surface area contributed by atoms with Crippen molar-refractivity contribution < 1.29 is 4.79 Å². The van der Waals surface area contributed by atoms with Gasteiger partial charge in [0.15, 0.2) is 0 Å². The number of nitrogens with one attached hydrogen (secondary N) is 1. The van der Waals surface area contributed by atoms with Gasteiger partial charge < -0.3 is 11.1 Å². The molecule has 86 valence electrons. The summed E-state index contributed by atoms with van der Waals surface area (Å²) in [6.07, 6.45) is 7.62. The predicted octanol–water partition coefficient (Wildman–Crippen LogP) is 1.56. The van der Waals surface area contributed by atoms with Crippen molar-refractivity contribution in [3.05, 3.63) is 0 Å². The number of hydrogen-bond donors (Lipinski definition) is 2. The highest BCUT2D eigenvalue weighted by Gasteiger charge is 2.35. The molecule has 0 radical (unpaired) electrons. The second-order valence-corrected chi connectivity index (χ2v) is 5.53. The molecule has 1 amide bonds. The zero-order chi connectivity index (χ0) is 10.9. The Kier molecular flexibility index (Phi) is 3.01. The summed E-state index contributed by atoms with van der Waals surface area (Å²) < 4.78 is 0. The summed E-state index contributed by atoms with van der Waals surface area (Å²) in [7, 11) is 0. The van der Waals surface area contributed by atoms with Crippen LogP contribution in [0, 0.1) is 5.92 Å². The fraction of sp³-hybridized carbons (Fsp3) is 0.917. The minimum atomic E-state index is 0.0959. The third-order valence-electron chi connectivity index (χ3n) is 3.97. The van der Waals surface area contributed by atoms with Gasteiger partial charge in [-0.05, 0) is 45.4 Å². The summed E-state index contributed by atoms with van der Waals surface area (Å²) in [5.41, 5.74) is 5.99. The Morgan fingerprint density at radius 1 is 1.33 bits per heavy atom. The lowest BCUT2D eigenvalue weighted by molar-refractivity contribution is -0.128. The molecule has 0 aromatic heterocycles. The molecule has 2 aliphatic carbocycles. The third kappa shape index (κ3) is 2.51. The van der Waals surface area contributed by atoms with Gasteiger partial charge in [0.1, 0.15) is 0 Å². The van der Waals surface area contributed by atoms with Crippen molar-refractivity contribution >= 4 is 5.91 Å². The summed E-state index contributed by atoms with van der Waals surface area (Å²) in [6, 6.07) is 0.240. The smallest absolute Gasteiger partial charge is 0.223 e. The van der Waals surface area contributed by atoms with E-state index >= 15 is 0 Å². The number of nitrogens with two attached hydrogens (primary N) is 1. The molecule has 0 heterocycles. The molecule has 2 atom stereocenters. The van der Waals surface area contributed by atoms with E-state index in [1.807, 2.05) is 0 Å².